The first-order valence-electron chi connectivity index (χ1n) is 6.67. The van der Waals surface area contributed by atoms with E-state index in [9.17, 15) is 13.2 Å². The van der Waals surface area contributed by atoms with E-state index in [2.05, 4.69) is 0 Å². The summed E-state index contributed by atoms with van der Waals surface area (Å²) in [5.41, 5.74) is 0.00171. The van der Waals surface area contributed by atoms with Crippen LogP contribution in [-0.4, -0.2) is 33.7 Å². The van der Waals surface area contributed by atoms with E-state index in [1.807, 2.05) is 13.8 Å². The highest BCUT2D eigenvalue weighted by Crippen LogP contribution is 2.44. The third kappa shape index (κ3) is 3.44. The maximum atomic E-state index is 11.5. The van der Waals surface area contributed by atoms with Crippen LogP contribution in [0.3, 0.4) is 0 Å². The molecule has 22 heavy (non-hydrogen) atoms. The van der Waals surface area contributed by atoms with Gasteiger partial charge in [0.05, 0.1) is 18.3 Å². The Labute approximate surface area is 129 Å². The van der Waals surface area contributed by atoms with E-state index in [0.29, 0.717) is 11.3 Å². The third-order valence-electron chi connectivity index (χ3n) is 3.18. The third-order valence-corrected chi connectivity index (χ3v) is 3.68. The van der Waals surface area contributed by atoms with Gasteiger partial charge in [-0.3, -0.25) is 0 Å². The molecule has 2 rings (SSSR count). The molecule has 0 aromatic heterocycles. The molecule has 0 saturated carbocycles. The van der Waals surface area contributed by atoms with E-state index >= 15 is 0 Å². The van der Waals surface area contributed by atoms with Crippen LogP contribution in [0.25, 0.3) is 0 Å². The Morgan fingerprint density at radius 1 is 1.36 bits per heavy atom. The molecule has 8 heteroatoms. The van der Waals surface area contributed by atoms with Gasteiger partial charge in [0.2, 0.25) is 0 Å². The zero-order chi connectivity index (χ0) is 16.5. The quantitative estimate of drug-likeness (QED) is 0.617. The molecule has 1 aromatic rings. The lowest BCUT2D eigenvalue weighted by Gasteiger charge is -2.24. The van der Waals surface area contributed by atoms with E-state index < -0.39 is 28.0 Å². The predicted octanol–water partition coefficient (Wildman–Crippen LogP) is 2.19. The fourth-order valence-corrected chi connectivity index (χ4v) is 2.60. The minimum Gasteiger partial charge on any atom is -0.453 e. The van der Waals surface area contributed by atoms with Crippen LogP contribution in [0.15, 0.2) is 18.2 Å². The minimum absolute atomic E-state index is 0.176. The van der Waals surface area contributed by atoms with Crippen molar-refractivity contribution in [3.8, 4) is 11.5 Å². The SMILES string of the molecule is CCOC(=O)OC1Oc2ccc(OS(C)(=O)=O)cc2C1(C)C. The van der Waals surface area contributed by atoms with E-state index in [1.165, 1.54) is 6.07 Å². The highest BCUT2D eigenvalue weighted by atomic mass is 32.2. The average Bonchev–Trinajstić information content (AvgIpc) is 2.60. The van der Waals surface area contributed by atoms with Crippen LogP contribution in [0.1, 0.15) is 26.3 Å². The second kappa shape index (κ2) is 5.68. The molecule has 1 unspecified atom stereocenters. The second-order valence-electron chi connectivity index (χ2n) is 5.42. The van der Waals surface area contributed by atoms with Gasteiger partial charge in [-0.05, 0) is 39.0 Å². The molecule has 0 radical (unpaired) electrons. The Balaban J connectivity index is 2.25. The molecule has 1 atom stereocenters. The number of rotatable bonds is 4. The van der Waals surface area contributed by atoms with Crippen LogP contribution in [0, 0.1) is 0 Å². The molecular formula is C14H18O7S. The molecule has 0 aliphatic carbocycles. The molecule has 1 aromatic carbocycles. The highest BCUT2D eigenvalue weighted by molar-refractivity contribution is 7.86. The normalized spacial score (nSPS) is 19.0. The molecular weight excluding hydrogens is 312 g/mol. The van der Waals surface area contributed by atoms with Gasteiger partial charge >= 0.3 is 16.3 Å². The molecule has 0 spiro atoms. The van der Waals surface area contributed by atoms with Gasteiger partial charge in [-0.25, -0.2) is 4.79 Å². The number of benzene rings is 1. The minimum atomic E-state index is -3.62. The van der Waals surface area contributed by atoms with Gasteiger partial charge in [-0.15, -0.1) is 0 Å². The smallest absolute Gasteiger partial charge is 0.453 e. The zero-order valence-electron chi connectivity index (χ0n) is 12.8. The van der Waals surface area contributed by atoms with Gasteiger partial charge in [0.25, 0.3) is 6.29 Å². The average molecular weight is 330 g/mol. The lowest BCUT2D eigenvalue weighted by atomic mass is 9.85. The van der Waals surface area contributed by atoms with Crippen molar-refractivity contribution < 1.29 is 31.6 Å². The summed E-state index contributed by atoms with van der Waals surface area (Å²) in [6.07, 6.45) is -0.717. The number of fused-ring (bicyclic) bond motifs is 1. The molecule has 0 saturated heterocycles. The fraction of sp³-hybridized carbons (Fsp3) is 0.500. The highest BCUT2D eigenvalue weighted by Gasteiger charge is 2.45. The molecule has 7 nitrogen and oxygen atoms in total. The molecule has 1 heterocycles. The van der Waals surface area contributed by atoms with Crippen LogP contribution in [0.2, 0.25) is 0 Å². The molecule has 1 aliphatic rings. The second-order valence-corrected chi connectivity index (χ2v) is 6.99. The van der Waals surface area contributed by atoms with Gasteiger partial charge in [0, 0.05) is 5.56 Å². The van der Waals surface area contributed by atoms with Gasteiger partial charge < -0.3 is 18.4 Å². The first kappa shape index (κ1) is 16.4. The fourth-order valence-electron chi connectivity index (χ4n) is 2.14. The first-order valence-corrected chi connectivity index (χ1v) is 8.49. The number of hydrogen-bond acceptors (Lipinski definition) is 7. The summed E-state index contributed by atoms with van der Waals surface area (Å²) in [5, 5.41) is 0. The molecule has 0 bridgehead atoms. The van der Waals surface area contributed by atoms with E-state index in [0.717, 1.165) is 6.26 Å². The van der Waals surface area contributed by atoms with Crippen molar-refractivity contribution in [2.75, 3.05) is 12.9 Å². The molecule has 0 amide bonds. The summed E-state index contributed by atoms with van der Waals surface area (Å²) in [4.78, 5) is 11.5. The van der Waals surface area contributed by atoms with E-state index in [1.54, 1.807) is 19.1 Å². The van der Waals surface area contributed by atoms with Gasteiger partial charge in [0.1, 0.15) is 11.5 Å². The van der Waals surface area contributed by atoms with Crippen LogP contribution in [0.4, 0.5) is 4.79 Å². The maximum absolute atomic E-state index is 11.5. The summed E-state index contributed by atoms with van der Waals surface area (Å²) in [6.45, 7) is 5.50. The monoisotopic (exact) mass is 330 g/mol. The number of carbonyl (C=O) groups excluding carboxylic acids is 1. The number of ether oxygens (including phenoxy) is 3. The first-order chi connectivity index (χ1) is 10.1. The van der Waals surface area contributed by atoms with Gasteiger partial charge in [-0.2, -0.15) is 8.42 Å². The number of carbonyl (C=O) groups is 1. The topological polar surface area (TPSA) is 88.1 Å². The van der Waals surface area contributed by atoms with Crippen molar-refractivity contribution >= 4 is 16.3 Å². The van der Waals surface area contributed by atoms with Crippen LogP contribution in [-0.2, 0) is 25.0 Å². The van der Waals surface area contributed by atoms with Crippen molar-refractivity contribution in [3.63, 3.8) is 0 Å². The Morgan fingerprint density at radius 2 is 2.05 bits per heavy atom. The van der Waals surface area contributed by atoms with Crippen LogP contribution >= 0.6 is 0 Å². The van der Waals surface area contributed by atoms with Gasteiger partial charge in [0.15, 0.2) is 0 Å². The van der Waals surface area contributed by atoms with E-state index in [-0.39, 0.29) is 12.4 Å². The van der Waals surface area contributed by atoms with Gasteiger partial charge in [-0.1, -0.05) is 0 Å². The van der Waals surface area contributed by atoms with Crippen LogP contribution < -0.4 is 8.92 Å². The zero-order valence-corrected chi connectivity index (χ0v) is 13.6. The number of hydrogen-bond donors (Lipinski definition) is 0. The van der Waals surface area contributed by atoms with Crippen molar-refractivity contribution in [1.82, 2.24) is 0 Å². The summed E-state index contributed by atoms with van der Waals surface area (Å²) >= 11 is 0. The summed E-state index contributed by atoms with van der Waals surface area (Å²) in [7, 11) is -3.62. The lowest BCUT2D eigenvalue weighted by molar-refractivity contribution is -0.0829. The van der Waals surface area contributed by atoms with Crippen molar-refractivity contribution in [1.29, 1.82) is 0 Å². The Hall–Kier alpha value is -1.96. The Bertz CT molecular complexity index is 678. The standard InChI is InChI=1S/C14H18O7S/c1-5-18-13(15)20-12-14(2,3)10-8-9(21-22(4,16)17)6-7-11(10)19-12/h6-8,12H,5H2,1-4H3. The molecule has 1 aliphatic heterocycles. The summed E-state index contributed by atoms with van der Waals surface area (Å²) in [6, 6.07) is 4.61. The Kier molecular flexibility index (Phi) is 4.23. The predicted molar refractivity (Wildman–Crippen MR) is 77.5 cm³/mol. The van der Waals surface area contributed by atoms with Crippen molar-refractivity contribution in [3.05, 3.63) is 23.8 Å². The summed E-state index contributed by atoms with van der Waals surface area (Å²) < 4.78 is 42.8. The van der Waals surface area contributed by atoms with Crippen molar-refractivity contribution in [2.24, 2.45) is 0 Å². The van der Waals surface area contributed by atoms with E-state index in [4.69, 9.17) is 18.4 Å². The maximum Gasteiger partial charge on any atom is 0.511 e. The van der Waals surface area contributed by atoms with Crippen molar-refractivity contribution in [2.45, 2.75) is 32.5 Å². The largest absolute Gasteiger partial charge is 0.511 e. The molecule has 122 valence electrons. The lowest BCUT2D eigenvalue weighted by Crippen LogP contribution is -2.36. The molecule has 0 N–H and O–H groups in total. The molecule has 0 fully saturated rings. The van der Waals surface area contributed by atoms with Crippen LogP contribution in [0.5, 0.6) is 11.5 Å². The Morgan fingerprint density at radius 3 is 2.64 bits per heavy atom. The summed E-state index contributed by atoms with van der Waals surface area (Å²) in [5.74, 6) is 0.676.